The molecule has 1 aliphatic rings. The van der Waals surface area contributed by atoms with Gasteiger partial charge in [0.2, 0.25) is 5.91 Å². The van der Waals surface area contributed by atoms with E-state index in [1.54, 1.807) is 0 Å². The second kappa shape index (κ2) is 12.4. The van der Waals surface area contributed by atoms with Crippen LogP contribution in [0.15, 0.2) is 52.3 Å². The molecule has 0 spiro atoms. The number of anilines is 1. The maximum atomic E-state index is 14.1. The summed E-state index contributed by atoms with van der Waals surface area (Å²) < 4.78 is 89.4. The Morgan fingerprint density at radius 2 is 1.67 bits per heavy atom. The predicted octanol–water partition coefficient (Wildman–Crippen LogP) is 4.95. The van der Waals surface area contributed by atoms with Gasteiger partial charge in [0.25, 0.3) is 0 Å². The summed E-state index contributed by atoms with van der Waals surface area (Å²) in [4.78, 5) is 35.3. The molecule has 0 aliphatic carbocycles. The number of rotatable bonds is 7. The molecule has 3 amide bonds. The molecule has 0 aromatic heterocycles. The largest absolute Gasteiger partial charge is 0.480 e. The minimum Gasteiger partial charge on any atom is -0.480 e. The van der Waals surface area contributed by atoms with Gasteiger partial charge in [-0.2, -0.15) is 26.3 Å². The van der Waals surface area contributed by atoms with Gasteiger partial charge in [0.15, 0.2) is 0 Å². The average molecular weight is 578 g/mol. The molecule has 0 atom stereocenters. The van der Waals surface area contributed by atoms with Crippen molar-refractivity contribution in [1.29, 1.82) is 0 Å². The number of hydrogen-bond donors (Lipinski definition) is 3. The van der Waals surface area contributed by atoms with Crippen molar-refractivity contribution < 1.29 is 50.6 Å². The van der Waals surface area contributed by atoms with E-state index in [4.69, 9.17) is 9.84 Å². The third-order valence-corrected chi connectivity index (χ3v) is 6.26. The lowest BCUT2D eigenvalue weighted by atomic mass is 9.99. The lowest BCUT2D eigenvalue weighted by Gasteiger charge is -2.25. The summed E-state index contributed by atoms with van der Waals surface area (Å²) in [5.74, 6) is -1.96. The molecular formula is C24H21F6N3O5S. The minimum absolute atomic E-state index is 0.0636. The summed E-state index contributed by atoms with van der Waals surface area (Å²) in [6.45, 7) is 0.193. The van der Waals surface area contributed by atoms with Crippen LogP contribution in [0, 0.1) is 0 Å². The van der Waals surface area contributed by atoms with Crippen molar-refractivity contribution in [1.82, 2.24) is 10.2 Å². The number of amides is 3. The van der Waals surface area contributed by atoms with Crippen molar-refractivity contribution >= 4 is 41.4 Å². The molecule has 0 saturated carbocycles. The van der Waals surface area contributed by atoms with Crippen molar-refractivity contribution in [2.45, 2.75) is 22.1 Å². The summed E-state index contributed by atoms with van der Waals surface area (Å²) in [7, 11) is 0. The molecule has 0 unspecified atom stereocenters. The third kappa shape index (κ3) is 8.38. The Kier molecular flexibility index (Phi) is 9.50. The predicted molar refractivity (Wildman–Crippen MR) is 128 cm³/mol. The smallest absolute Gasteiger partial charge is 0.418 e. The first-order chi connectivity index (χ1) is 18.3. The highest BCUT2D eigenvalue weighted by Gasteiger charge is 2.46. The number of carboxylic acids is 1. The fraction of sp³-hybridized carbons (Fsp3) is 0.292. The number of aliphatic carboxylic acids is 1. The Labute approximate surface area is 222 Å². The van der Waals surface area contributed by atoms with Crippen LogP contribution in [-0.2, 0) is 26.7 Å². The number of carboxylic acid groups (broad SMARTS) is 1. The van der Waals surface area contributed by atoms with Crippen LogP contribution in [0.2, 0.25) is 0 Å². The van der Waals surface area contributed by atoms with E-state index in [0.29, 0.717) is 17.8 Å². The van der Waals surface area contributed by atoms with E-state index in [9.17, 15) is 40.7 Å². The molecule has 8 nitrogen and oxygen atoms in total. The molecule has 1 saturated heterocycles. The monoisotopic (exact) mass is 577 g/mol. The lowest BCUT2D eigenvalue weighted by Crippen LogP contribution is -2.39. The van der Waals surface area contributed by atoms with Crippen LogP contribution < -0.4 is 10.6 Å². The van der Waals surface area contributed by atoms with Gasteiger partial charge in [-0.05, 0) is 35.9 Å². The van der Waals surface area contributed by atoms with Crippen LogP contribution in [0.3, 0.4) is 0 Å². The number of ether oxygens (including phenoxy) is 1. The second-order valence-electron chi connectivity index (χ2n) is 8.00. The summed E-state index contributed by atoms with van der Waals surface area (Å²) in [6, 6.07) is 6.07. The van der Waals surface area contributed by atoms with Gasteiger partial charge in [-0.1, -0.05) is 23.9 Å². The molecule has 39 heavy (non-hydrogen) atoms. The Bertz CT molecular complexity index is 1260. The number of alkyl halides is 6. The maximum absolute atomic E-state index is 14.1. The van der Waals surface area contributed by atoms with Gasteiger partial charge < -0.3 is 25.4 Å². The van der Waals surface area contributed by atoms with E-state index >= 15 is 0 Å². The molecule has 1 heterocycles. The zero-order valence-corrected chi connectivity index (χ0v) is 20.7. The van der Waals surface area contributed by atoms with Crippen LogP contribution in [0.5, 0.6) is 0 Å². The summed E-state index contributed by atoms with van der Waals surface area (Å²) in [5, 5.41) is 12.9. The number of morpholine rings is 1. The average Bonchev–Trinajstić information content (AvgIpc) is 2.85. The Morgan fingerprint density at radius 1 is 1.00 bits per heavy atom. The van der Waals surface area contributed by atoms with Crippen molar-refractivity contribution in [2.75, 3.05) is 38.2 Å². The maximum Gasteiger partial charge on any atom is 0.418 e. The Hall–Kier alpha value is -3.72. The molecule has 1 fully saturated rings. The number of hydrogen-bond acceptors (Lipinski definition) is 5. The van der Waals surface area contributed by atoms with Gasteiger partial charge in [0, 0.05) is 34.6 Å². The van der Waals surface area contributed by atoms with Crippen molar-refractivity contribution in [3.63, 3.8) is 0 Å². The highest BCUT2D eigenvalue weighted by molar-refractivity contribution is 7.99. The van der Waals surface area contributed by atoms with Gasteiger partial charge >= 0.3 is 24.4 Å². The first-order valence-electron chi connectivity index (χ1n) is 11.2. The second-order valence-corrected chi connectivity index (χ2v) is 9.12. The SMILES string of the molecule is O=C(O)CNC(=O)Nc1cccc(Sc2ccc(C=CC(=O)N3CCOCC3)c(C(F)(F)F)c2C(F)(F)F)c1. The number of nitrogens with one attached hydrogen (secondary N) is 2. The number of urea groups is 1. The molecule has 0 radical (unpaired) electrons. The quantitative estimate of drug-likeness (QED) is 0.318. The van der Waals surface area contributed by atoms with E-state index < -0.39 is 58.4 Å². The molecule has 2 aromatic carbocycles. The molecule has 3 N–H and O–H groups in total. The number of carbonyl (C=O) groups is 3. The first-order valence-corrected chi connectivity index (χ1v) is 12.0. The number of nitrogens with zero attached hydrogens (tertiary/aromatic N) is 1. The van der Waals surface area contributed by atoms with Gasteiger partial charge in [0.1, 0.15) is 6.54 Å². The fourth-order valence-corrected chi connectivity index (χ4v) is 4.60. The number of halogens is 6. The van der Waals surface area contributed by atoms with Crippen LogP contribution in [0.25, 0.3) is 6.08 Å². The zero-order chi connectivity index (χ0) is 28.8. The van der Waals surface area contributed by atoms with Crippen LogP contribution in [0.1, 0.15) is 16.7 Å². The summed E-state index contributed by atoms with van der Waals surface area (Å²) in [6.07, 6.45) is -9.30. The van der Waals surface area contributed by atoms with E-state index in [-0.39, 0.29) is 36.9 Å². The summed E-state index contributed by atoms with van der Waals surface area (Å²) >= 11 is 0.388. The molecule has 3 rings (SSSR count). The molecule has 2 aromatic rings. The van der Waals surface area contributed by atoms with E-state index in [2.05, 4.69) is 5.32 Å². The fourth-order valence-electron chi connectivity index (χ4n) is 3.56. The Balaban J connectivity index is 1.95. The zero-order valence-electron chi connectivity index (χ0n) is 19.9. The molecule has 210 valence electrons. The topological polar surface area (TPSA) is 108 Å². The van der Waals surface area contributed by atoms with Crippen LogP contribution in [-0.4, -0.2) is 60.8 Å². The van der Waals surface area contributed by atoms with Crippen LogP contribution in [0.4, 0.5) is 36.8 Å². The molecule has 0 bridgehead atoms. The Morgan fingerprint density at radius 3 is 2.28 bits per heavy atom. The third-order valence-electron chi connectivity index (χ3n) is 5.21. The van der Waals surface area contributed by atoms with Gasteiger partial charge in [0.05, 0.1) is 24.3 Å². The highest BCUT2D eigenvalue weighted by Crippen LogP contribution is 2.48. The van der Waals surface area contributed by atoms with Crippen molar-refractivity contribution in [3.05, 3.63) is 59.2 Å². The molecule has 1 aliphatic heterocycles. The van der Waals surface area contributed by atoms with Crippen molar-refractivity contribution in [3.8, 4) is 0 Å². The van der Waals surface area contributed by atoms with E-state index in [0.717, 1.165) is 18.2 Å². The molecular weight excluding hydrogens is 556 g/mol. The van der Waals surface area contributed by atoms with Crippen molar-refractivity contribution in [2.24, 2.45) is 0 Å². The first kappa shape index (κ1) is 29.8. The van der Waals surface area contributed by atoms with E-state index in [1.807, 2.05) is 5.32 Å². The summed E-state index contributed by atoms with van der Waals surface area (Å²) in [5.41, 5.74) is -4.62. The lowest BCUT2D eigenvalue weighted by molar-refractivity contribution is -0.163. The standard InChI is InChI=1S/C24H21F6N3O5S/c25-23(26,27)20-14(5-7-18(34)33-8-10-38-11-9-33)4-6-17(21(20)24(28,29)30)39-16-3-1-2-15(12-16)32-22(37)31-13-19(35)36/h1-7,12H,8-11,13H2,(H,35,36)(H2,31,32,37). The number of carbonyl (C=O) groups excluding carboxylic acids is 2. The number of benzene rings is 2. The minimum atomic E-state index is -5.41. The highest BCUT2D eigenvalue weighted by atomic mass is 32.2. The van der Waals surface area contributed by atoms with Gasteiger partial charge in [-0.15, -0.1) is 0 Å². The van der Waals surface area contributed by atoms with Gasteiger partial charge in [-0.25, -0.2) is 4.79 Å². The molecule has 15 heteroatoms. The van der Waals surface area contributed by atoms with Crippen LogP contribution >= 0.6 is 11.8 Å². The van der Waals surface area contributed by atoms with E-state index in [1.165, 1.54) is 29.2 Å². The van der Waals surface area contributed by atoms with Gasteiger partial charge in [-0.3, -0.25) is 9.59 Å². The normalized spacial score (nSPS) is 14.4.